The first-order valence-electron chi connectivity index (χ1n) is 5.64. The highest BCUT2D eigenvalue weighted by molar-refractivity contribution is 5.77. The van der Waals surface area contributed by atoms with Crippen molar-refractivity contribution in [3.05, 3.63) is 29.8 Å². The van der Waals surface area contributed by atoms with E-state index in [9.17, 15) is 4.79 Å². The van der Waals surface area contributed by atoms with E-state index in [1.54, 1.807) is 0 Å². The second-order valence-corrected chi connectivity index (χ2v) is 3.89. The van der Waals surface area contributed by atoms with Crippen molar-refractivity contribution >= 4 is 11.7 Å². The molecule has 88 valence electrons. The van der Waals surface area contributed by atoms with Gasteiger partial charge in [0.2, 0.25) is 0 Å². The smallest absolute Gasteiger partial charge is 0.326 e. The Morgan fingerprint density at radius 2 is 1.88 bits per heavy atom. The van der Waals surface area contributed by atoms with E-state index in [-0.39, 0.29) is 0 Å². The Morgan fingerprint density at radius 1 is 1.31 bits per heavy atom. The topological polar surface area (TPSA) is 40.5 Å². The van der Waals surface area contributed by atoms with Crippen LogP contribution in [0.1, 0.15) is 25.8 Å². The highest BCUT2D eigenvalue weighted by atomic mass is 16.4. The third-order valence-electron chi connectivity index (χ3n) is 2.89. The number of hydrogen-bond acceptors (Lipinski definition) is 2. The Bertz CT molecular complexity index is 345. The van der Waals surface area contributed by atoms with Crippen molar-refractivity contribution in [3.63, 3.8) is 0 Å². The molecule has 0 fully saturated rings. The van der Waals surface area contributed by atoms with Crippen molar-refractivity contribution in [2.24, 2.45) is 0 Å². The lowest BCUT2D eigenvalue weighted by molar-refractivity contribution is -0.138. The number of rotatable bonds is 5. The van der Waals surface area contributed by atoms with Crippen LogP contribution in [0.2, 0.25) is 0 Å². The summed E-state index contributed by atoms with van der Waals surface area (Å²) >= 11 is 0. The van der Waals surface area contributed by atoms with E-state index in [1.165, 1.54) is 5.56 Å². The summed E-state index contributed by atoms with van der Waals surface area (Å²) in [7, 11) is 1.82. The Kier molecular flexibility index (Phi) is 4.35. The van der Waals surface area contributed by atoms with Gasteiger partial charge in [0.05, 0.1) is 0 Å². The van der Waals surface area contributed by atoms with E-state index in [1.807, 2.05) is 43.1 Å². The van der Waals surface area contributed by atoms with Crippen LogP contribution in [0.25, 0.3) is 0 Å². The summed E-state index contributed by atoms with van der Waals surface area (Å²) in [4.78, 5) is 12.8. The lowest BCUT2D eigenvalue weighted by Gasteiger charge is -2.25. The van der Waals surface area contributed by atoms with Gasteiger partial charge in [0, 0.05) is 12.7 Å². The van der Waals surface area contributed by atoms with Gasteiger partial charge in [-0.15, -0.1) is 0 Å². The molecule has 1 aromatic carbocycles. The summed E-state index contributed by atoms with van der Waals surface area (Å²) in [5.74, 6) is -0.774. The van der Waals surface area contributed by atoms with Crippen LogP contribution in [0.5, 0.6) is 0 Å². The number of aliphatic carboxylic acids is 1. The van der Waals surface area contributed by atoms with Crippen LogP contribution in [0.15, 0.2) is 24.3 Å². The number of anilines is 1. The summed E-state index contributed by atoms with van der Waals surface area (Å²) in [5.41, 5.74) is 2.21. The molecule has 0 saturated carbocycles. The maximum absolute atomic E-state index is 11.0. The second kappa shape index (κ2) is 5.54. The van der Waals surface area contributed by atoms with E-state index < -0.39 is 12.0 Å². The van der Waals surface area contributed by atoms with Crippen molar-refractivity contribution < 1.29 is 9.90 Å². The number of hydrogen-bond donors (Lipinski definition) is 1. The first-order valence-corrected chi connectivity index (χ1v) is 5.64. The molecule has 1 unspecified atom stereocenters. The van der Waals surface area contributed by atoms with Crippen LogP contribution in [0.4, 0.5) is 5.69 Å². The minimum Gasteiger partial charge on any atom is -0.480 e. The van der Waals surface area contributed by atoms with Crippen molar-refractivity contribution in [1.82, 2.24) is 0 Å². The summed E-state index contributed by atoms with van der Waals surface area (Å²) in [5, 5.41) is 9.06. The molecule has 16 heavy (non-hydrogen) atoms. The number of carboxylic acid groups (broad SMARTS) is 1. The molecule has 0 aliphatic heterocycles. The normalized spacial score (nSPS) is 12.2. The van der Waals surface area contributed by atoms with Gasteiger partial charge < -0.3 is 10.0 Å². The lowest BCUT2D eigenvalue weighted by atomic mass is 10.1. The van der Waals surface area contributed by atoms with Gasteiger partial charge in [-0.3, -0.25) is 0 Å². The number of likely N-dealkylation sites (N-methyl/N-ethyl adjacent to an activating group) is 1. The van der Waals surface area contributed by atoms with Gasteiger partial charge in [-0.25, -0.2) is 4.79 Å². The van der Waals surface area contributed by atoms with E-state index in [0.717, 1.165) is 12.1 Å². The molecule has 1 N–H and O–H groups in total. The molecule has 0 radical (unpaired) electrons. The van der Waals surface area contributed by atoms with Crippen LogP contribution < -0.4 is 4.90 Å². The van der Waals surface area contributed by atoms with Crippen LogP contribution in [-0.4, -0.2) is 24.2 Å². The zero-order valence-corrected chi connectivity index (χ0v) is 10.1. The third-order valence-corrected chi connectivity index (χ3v) is 2.89. The summed E-state index contributed by atoms with van der Waals surface area (Å²) in [6.07, 6.45) is 1.60. The van der Waals surface area contributed by atoms with Gasteiger partial charge in [-0.1, -0.05) is 26.0 Å². The Hall–Kier alpha value is -1.51. The van der Waals surface area contributed by atoms with E-state index in [4.69, 9.17) is 5.11 Å². The predicted octanol–water partition coefficient (Wildman–Crippen LogP) is 2.55. The molecule has 1 atom stereocenters. The quantitative estimate of drug-likeness (QED) is 0.830. The fourth-order valence-corrected chi connectivity index (χ4v) is 1.76. The van der Waals surface area contributed by atoms with Crippen molar-refractivity contribution in [1.29, 1.82) is 0 Å². The Labute approximate surface area is 96.7 Å². The number of benzene rings is 1. The summed E-state index contributed by atoms with van der Waals surface area (Å²) in [6, 6.07) is 7.59. The minimum atomic E-state index is -0.774. The van der Waals surface area contributed by atoms with Crippen LogP contribution in [0, 0.1) is 0 Å². The number of carbonyl (C=O) groups is 1. The lowest BCUT2D eigenvalue weighted by Crippen LogP contribution is -2.37. The van der Waals surface area contributed by atoms with Crippen LogP contribution in [-0.2, 0) is 11.2 Å². The van der Waals surface area contributed by atoms with Crippen molar-refractivity contribution in [2.75, 3.05) is 11.9 Å². The zero-order chi connectivity index (χ0) is 12.1. The van der Waals surface area contributed by atoms with Crippen LogP contribution >= 0.6 is 0 Å². The monoisotopic (exact) mass is 221 g/mol. The van der Waals surface area contributed by atoms with Crippen LogP contribution in [0.3, 0.4) is 0 Å². The highest BCUT2D eigenvalue weighted by Crippen LogP contribution is 2.18. The molecular formula is C13H19NO2. The molecule has 0 spiro atoms. The summed E-state index contributed by atoms with van der Waals surface area (Å²) in [6.45, 7) is 3.99. The molecular weight excluding hydrogens is 202 g/mol. The van der Waals surface area contributed by atoms with E-state index in [2.05, 4.69) is 6.92 Å². The standard InChI is InChI=1S/C13H19NO2/c1-4-10-6-8-11(9-7-10)14(3)12(5-2)13(15)16/h6-9,12H,4-5H2,1-3H3,(H,15,16). The maximum Gasteiger partial charge on any atom is 0.326 e. The number of nitrogens with zero attached hydrogens (tertiary/aromatic N) is 1. The first-order chi connectivity index (χ1) is 7.60. The zero-order valence-electron chi connectivity index (χ0n) is 10.1. The van der Waals surface area contributed by atoms with Gasteiger partial charge in [0.15, 0.2) is 0 Å². The molecule has 0 aromatic heterocycles. The van der Waals surface area contributed by atoms with E-state index in [0.29, 0.717) is 6.42 Å². The molecule has 0 heterocycles. The molecule has 1 aromatic rings. The fourth-order valence-electron chi connectivity index (χ4n) is 1.76. The van der Waals surface area contributed by atoms with E-state index >= 15 is 0 Å². The van der Waals surface area contributed by atoms with Gasteiger partial charge >= 0.3 is 5.97 Å². The molecule has 0 saturated heterocycles. The van der Waals surface area contributed by atoms with Gasteiger partial charge in [-0.05, 0) is 30.5 Å². The van der Waals surface area contributed by atoms with Gasteiger partial charge in [0.25, 0.3) is 0 Å². The minimum absolute atomic E-state index is 0.451. The molecule has 0 aliphatic carbocycles. The Balaban J connectivity index is 2.86. The molecule has 1 rings (SSSR count). The molecule has 3 nitrogen and oxygen atoms in total. The Morgan fingerprint density at radius 3 is 2.25 bits per heavy atom. The molecule has 3 heteroatoms. The van der Waals surface area contributed by atoms with Crippen molar-refractivity contribution in [3.8, 4) is 0 Å². The SMILES string of the molecule is CCc1ccc(N(C)C(CC)C(=O)O)cc1. The number of carboxylic acids is 1. The largest absolute Gasteiger partial charge is 0.480 e. The average Bonchev–Trinajstić information content (AvgIpc) is 2.29. The predicted molar refractivity (Wildman–Crippen MR) is 65.9 cm³/mol. The fraction of sp³-hybridized carbons (Fsp3) is 0.462. The van der Waals surface area contributed by atoms with Gasteiger partial charge in [0.1, 0.15) is 6.04 Å². The summed E-state index contributed by atoms with van der Waals surface area (Å²) < 4.78 is 0. The highest BCUT2D eigenvalue weighted by Gasteiger charge is 2.20. The average molecular weight is 221 g/mol. The van der Waals surface area contributed by atoms with Crippen molar-refractivity contribution in [2.45, 2.75) is 32.7 Å². The first kappa shape index (κ1) is 12.6. The second-order valence-electron chi connectivity index (χ2n) is 3.89. The van der Waals surface area contributed by atoms with Gasteiger partial charge in [-0.2, -0.15) is 0 Å². The number of aryl methyl sites for hydroxylation is 1. The molecule has 0 bridgehead atoms. The molecule has 0 amide bonds. The maximum atomic E-state index is 11.0. The molecule has 0 aliphatic rings. The third kappa shape index (κ3) is 2.75.